The summed E-state index contributed by atoms with van der Waals surface area (Å²) in [5, 5.41) is 3.88. The summed E-state index contributed by atoms with van der Waals surface area (Å²) >= 11 is 9.61. The van der Waals surface area contributed by atoms with Gasteiger partial charge in [0.1, 0.15) is 10.9 Å². The van der Waals surface area contributed by atoms with Gasteiger partial charge in [0.2, 0.25) is 5.91 Å². The average Bonchev–Trinajstić information content (AvgIpc) is 3.48. The molecule has 11 heteroatoms. The quantitative estimate of drug-likeness (QED) is 0.435. The third-order valence-electron chi connectivity index (χ3n) is 5.24. The van der Waals surface area contributed by atoms with Gasteiger partial charge in [0.05, 0.1) is 23.0 Å². The predicted molar refractivity (Wildman–Crippen MR) is 131 cm³/mol. The van der Waals surface area contributed by atoms with Gasteiger partial charge in [-0.05, 0) is 47.9 Å². The highest BCUT2D eigenvalue weighted by molar-refractivity contribution is 8.26. The Morgan fingerprint density at radius 1 is 1.32 bits per heavy atom. The lowest BCUT2D eigenvalue weighted by atomic mass is 10.2. The molecule has 1 unspecified atom stereocenters. The highest BCUT2D eigenvalue weighted by atomic mass is 32.2. The van der Waals surface area contributed by atoms with E-state index in [1.807, 2.05) is 35.9 Å². The molecule has 0 aromatic carbocycles. The molecule has 6 nitrogen and oxygen atoms in total. The number of carbonyl (C=O) groups excluding carboxylic acids is 2. The van der Waals surface area contributed by atoms with Crippen LogP contribution in [0.15, 0.2) is 33.9 Å². The first kappa shape index (κ1) is 22.7. The van der Waals surface area contributed by atoms with Crippen LogP contribution in [0.1, 0.15) is 21.7 Å². The standard InChI is InChI=1S/C20H20N2O4S5/c1-13-4-7-29-17(13)10-21(14-5-8-31(25,26)12-14)18(23)11-22-19(24)16(30-20(22)27)9-15-3-2-6-28-15/h2-4,6-7,9,14H,5,8,10-12H2,1H3/b16-9-. The van der Waals surface area contributed by atoms with Gasteiger partial charge in [0, 0.05) is 15.8 Å². The number of thiophene rings is 2. The fraction of sp³-hybridized carbons (Fsp3) is 0.350. The summed E-state index contributed by atoms with van der Waals surface area (Å²) in [7, 11) is -3.16. The topological polar surface area (TPSA) is 74.8 Å². The van der Waals surface area contributed by atoms with Crippen molar-refractivity contribution in [3.05, 3.63) is 49.2 Å². The minimum absolute atomic E-state index is 0.0418. The van der Waals surface area contributed by atoms with Crippen molar-refractivity contribution >= 4 is 78.7 Å². The first-order valence-corrected chi connectivity index (χ1v) is 14.4. The zero-order valence-corrected chi connectivity index (χ0v) is 20.7. The van der Waals surface area contributed by atoms with E-state index in [-0.39, 0.29) is 35.9 Å². The van der Waals surface area contributed by atoms with E-state index in [9.17, 15) is 18.0 Å². The second kappa shape index (κ2) is 9.14. The molecule has 0 aliphatic carbocycles. The maximum absolute atomic E-state index is 13.3. The number of thiocarbonyl (C=S) groups is 1. The summed E-state index contributed by atoms with van der Waals surface area (Å²) < 4.78 is 24.4. The molecule has 2 aromatic rings. The zero-order valence-electron chi connectivity index (χ0n) is 16.6. The Hall–Kier alpha value is -1.53. The molecule has 4 rings (SSSR count). The summed E-state index contributed by atoms with van der Waals surface area (Å²) in [5.41, 5.74) is 1.06. The molecule has 4 heterocycles. The normalized spacial score (nSPS) is 21.9. The van der Waals surface area contributed by atoms with Crippen LogP contribution in [0.2, 0.25) is 0 Å². The van der Waals surface area contributed by atoms with Crippen LogP contribution in [0.5, 0.6) is 0 Å². The molecule has 0 N–H and O–H groups in total. The van der Waals surface area contributed by atoms with Crippen molar-refractivity contribution in [2.24, 2.45) is 0 Å². The van der Waals surface area contributed by atoms with Crippen molar-refractivity contribution in [3.8, 4) is 0 Å². The van der Waals surface area contributed by atoms with E-state index in [0.717, 1.165) is 15.3 Å². The molecule has 2 saturated heterocycles. The van der Waals surface area contributed by atoms with Gasteiger partial charge in [-0.25, -0.2) is 8.42 Å². The van der Waals surface area contributed by atoms with E-state index in [4.69, 9.17) is 12.2 Å². The van der Waals surface area contributed by atoms with Crippen LogP contribution in [0.4, 0.5) is 0 Å². The molecule has 31 heavy (non-hydrogen) atoms. The first-order chi connectivity index (χ1) is 14.7. The van der Waals surface area contributed by atoms with E-state index >= 15 is 0 Å². The molecule has 0 spiro atoms. The van der Waals surface area contributed by atoms with Gasteiger partial charge in [-0.2, -0.15) is 0 Å². The highest BCUT2D eigenvalue weighted by Crippen LogP contribution is 2.33. The van der Waals surface area contributed by atoms with Crippen LogP contribution in [0, 0.1) is 6.92 Å². The largest absolute Gasteiger partial charge is 0.332 e. The number of sulfone groups is 1. The summed E-state index contributed by atoms with van der Waals surface area (Å²) in [4.78, 5) is 31.6. The smallest absolute Gasteiger partial charge is 0.266 e. The Balaban J connectivity index is 1.53. The fourth-order valence-corrected chi connectivity index (χ4v) is 8.14. The van der Waals surface area contributed by atoms with E-state index in [0.29, 0.717) is 22.2 Å². The van der Waals surface area contributed by atoms with Gasteiger partial charge in [0.25, 0.3) is 5.91 Å². The molecule has 2 aliphatic heterocycles. The summed E-state index contributed by atoms with van der Waals surface area (Å²) in [6.07, 6.45) is 2.19. The van der Waals surface area contributed by atoms with Crippen LogP contribution in [-0.4, -0.2) is 58.4 Å². The lowest BCUT2D eigenvalue weighted by Crippen LogP contribution is -2.46. The number of amides is 2. The SMILES string of the molecule is Cc1ccsc1CN(C(=O)CN1C(=O)/C(=C/c2cccs2)SC1=S)C1CCS(=O)(=O)C1. The Morgan fingerprint density at radius 2 is 2.13 bits per heavy atom. The van der Waals surface area contributed by atoms with Crippen LogP contribution in [0.3, 0.4) is 0 Å². The Bertz CT molecular complexity index is 1150. The van der Waals surface area contributed by atoms with E-state index < -0.39 is 9.84 Å². The Kier molecular flexibility index (Phi) is 6.68. The van der Waals surface area contributed by atoms with Gasteiger partial charge in [-0.15, -0.1) is 22.7 Å². The van der Waals surface area contributed by atoms with Crippen molar-refractivity contribution < 1.29 is 18.0 Å². The lowest BCUT2D eigenvalue weighted by molar-refractivity contribution is -0.137. The Morgan fingerprint density at radius 3 is 2.74 bits per heavy atom. The predicted octanol–water partition coefficient (Wildman–Crippen LogP) is 3.54. The van der Waals surface area contributed by atoms with Gasteiger partial charge in [-0.1, -0.05) is 30.0 Å². The maximum Gasteiger partial charge on any atom is 0.266 e. The van der Waals surface area contributed by atoms with Gasteiger partial charge < -0.3 is 4.90 Å². The number of hydrogen-bond acceptors (Lipinski definition) is 8. The molecule has 2 aromatic heterocycles. The van der Waals surface area contributed by atoms with Crippen LogP contribution < -0.4 is 0 Å². The van der Waals surface area contributed by atoms with E-state index in [1.165, 1.54) is 39.3 Å². The number of nitrogens with zero attached hydrogens (tertiary/aromatic N) is 2. The minimum Gasteiger partial charge on any atom is -0.332 e. The van der Waals surface area contributed by atoms with Crippen molar-refractivity contribution in [3.63, 3.8) is 0 Å². The molecule has 2 amide bonds. The Labute approximate surface area is 198 Å². The molecule has 2 fully saturated rings. The van der Waals surface area contributed by atoms with Crippen LogP contribution in [0.25, 0.3) is 6.08 Å². The van der Waals surface area contributed by atoms with Crippen LogP contribution in [-0.2, 0) is 26.0 Å². The van der Waals surface area contributed by atoms with E-state index in [1.54, 1.807) is 11.0 Å². The van der Waals surface area contributed by atoms with Gasteiger partial charge in [-0.3, -0.25) is 14.5 Å². The molecular weight excluding hydrogens is 493 g/mol. The zero-order chi connectivity index (χ0) is 22.2. The molecule has 0 saturated carbocycles. The average molecular weight is 513 g/mol. The van der Waals surface area contributed by atoms with Crippen LogP contribution >= 0.6 is 46.7 Å². The molecule has 1 atom stereocenters. The number of aryl methyl sites for hydroxylation is 1. The van der Waals surface area contributed by atoms with Gasteiger partial charge in [0.15, 0.2) is 9.84 Å². The molecule has 0 bridgehead atoms. The molecule has 0 radical (unpaired) electrons. The maximum atomic E-state index is 13.3. The third kappa shape index (κ3) is 5.11. The minimum atomic E-state index is -3.16. The molecule has 2 aliphatic rings. The van der Waals surface area contributed by atoms with E-state index in [2.05, 4.69) is 0 Å². The number of carbonyl (C=O) groups is 2. The second-order valence-electron chi connectivity index (χ2n) is 7.39. The van der Waals surface area contributed by atoms with Crippen molar-refractivity contribution in [2.45, 2.75) is 25.9 Å². The van der Waals surface area contributed by atoms with Crippen molar-refractivity contribution in [1.29, 1.82) is 0 Å². The first-order valence-electron chi connectivity index (χ1n) is 9.55. The molecule has 164 valence electrons. The van der Waals surface area contributed by atoms with Gasteiger partial charge >= 0.3 is 0 Å². The monoisotopic (exact) mass is 512 g/mol. The summed E-state index contributed by atoms with van der Waals surface area (Å²) in [6.45, 7) is 2.12. The van der Waals surface area contributed by atoms with Crippen molar-refractivity contribution in [1.82, 2.24) is 9.80 Å². The second-order valence-corrected chi connectivity index (χ2v) is 13.3. The summed E-state index contributed by atoms with van der Waals surface area (Å²) in [5.74, 6) is -0.540. The third-order valence-corrected chi connectivity index (χ3v) is 10.2. The molecular formula is C20H20N2O4S5. The number of hydrogen-bond donors (Lipinski definition) is 0. The highest BCUT2D eigenvalue weighted by Gasteiger charge is 2.38. The lowest BCUT2D eigenvalue weighted by Gasteiger charge is -2.29. The van der Waals surface area contributed by atoms with Crippen molar-refractivity contribution in [2.75, 3.05) is 18.1 Å². The number of rotatable bonds is 6. The summed E-state index contributed by atoms with van der Waals surface area (Å²) in [6, 6.07) is 5.40. The number of thioether (sulfide) groups is 1. The fourth-order valence-electron chi connectivity index (χ4n) is 3.53.